The minimum atomic E-state index is -0.931. The van der Waals surface area contributed by atoms with Crippen molar-refractivity contribution >= 4 is 42.1 Å². The Kier molecular flexibility index (Phi) is 10.1. The minimum Gasteiger partial charge on any atom is -0.480 e. The highest BCUT2D eigenvalue weighted by Gasteiger charge is 2.20. The van der Waals surface area contributed by atoms with E-state index >= 15 is 0 Å². The first-order valence-corrected chi connectivity index (χ1v) is 4.74. The molecule has 1 atom stereocenters. The molecule has 4 N–H and O–H groups in total. The van der Waals surface area contributed by atoms with Crippen molar-refractivity contribution in [2.24, 2.45) is 5.73 Å². The van der Waals surface area contributed by atoms with Gasteiger partial charge in [0, 0.05) is 18.5 Å². The fraction of sp³-hybridized carbons (Fsp3) is 0.429. The number of carboxylic acid groups (broad SMARTS) is 1. The third kappa shape index (κ3) is 5.29. The van der Waals surface area contributed by atoms with Crippen LogP contribution >= 0.6 is 36.2 Å². The maximum absolute atomic E-state index is 10.8. The van der Waals surface area contributed by atoms with E-state index in [2.05, 4.69) is 10.3 Å². The van der Waals surface area contributed by atoms with Crippen LogP contribution in [0.3, 0.4) is 0 Å². The van der Waals surface area contributed by atoms with Crippen LogP contribution in [0.4, 0.5) is 0 Å². The zero-order valence-corrected chi connectivity index (χ0v) is 10.2. The number of halogens is 2. The monoisotopic (exact) mass is 273 g/mol. The topological polar surface area (TPSA) is 88.2 Å². The molecule has 1 rings (SSSR count). The molecule has 0 bridgehead atoms. The number of nitrogens with one attached hydrogen (secondary N) is 1. The van der Waals surface area contributed by atoms with E-state index in [4.69, 9.17) is 10.8 Å². The smallest absolute Gasteiger partial charge is 0.327 e. The molecule has 0 amide bonds. The maximum Gasteiger partial charge on any atom is 0.327 e. The van der Waals surface area contributed by atoms with E-state index in [1.165, 1.54) is 11.3 Å². The van der Waals surface area contributed by atoms with Gasteiger partial charge < -0.3 is 10.8 Å². The summed E-state index contributed by atoms with van der Waals surface area (Å²) in [4.78, 5) is 14.7. The first-order chi connectivity index (χ1) is 6.25. The maximum atomic E-state index is 10.8. The normalized spacial score (nSPS) is 11.0. The molecule has 0 radical (unpaired) electrons. The summed E-state index contributed by atoms with van der Waals surface area (Å²) in [6.07, 6.45) is 0. The van der Waals surface area contributed by atoms with E-state index in [1.807, 2.05) is 0 Å². The van der Waals surface area contributed by atoms with Crippen LogP contribution in [0, 0.1) is 0 Å². The molecule has 88 valence electrons. The van der Waals surface area contributed by atoms with Gasteiger partial charge in [-0.3, -0.25) is 10.1 Å². The summed E-state index contributed by atoms with van der Waals surface area (Å²) in [6, 6.07) is -0.741. The molecule has 1 aromatic rings. The van der Waals surface area contributed by atoms with Crippen molar-refractivity contribution in [3.63, 3.8) is 0 Å². The van der Waals surface area contributed by atoms with Crippen molar-refractivity contribution in [2.45, 2.75) is 6.04 Å². The molecule has 8 heteroatoms. The summed E-state index contributed by atoms with van der Waals surface area (Å²) in [5.41, 5.74) is 7.40. The largest absolute Gasteiger partial charge is 0.480 e. The van der Waals surface area contributed by atoms with Gasteiger partial charge >= 0.3 is 5.97 Å². The average molecular weight is 274 g/mol. The molecule has 5 nitrogen and oxygen atoms in total. The highest BCUT2D eigenvalue weighted by Crippen LogP contribution is 2.12. The van der Waals surface area contributed by atoms with Gasteiger partial charge in [-0.2, -0.15) is 0 Å². The molecule has 0 saturated carbocycles. The third-order valence-electron chi connectivity index (χ3n) is 1.49. The zero-order valence-electron chi connectivity index (χ0n) is 7.75. The molecule has 0 fully saturated rings. The number of carbonyl (C=O) groups is 1. The van der Waals surface area contributed by atoms with Gasteiger partial charge in [0.15, 0.2) is 0 Å². The first kappa shape index (κ1) is 17.0. The lowest BCUT2D eigenvalue weighted by Crippen LogP contribution is -2.32. The molecule has 1 unspecified atom stereocenters. The Balaban J connectivity index is 0. The Hall–Kier alpha value is -0.400. The molecular formula is C7H13Cl2N3O2S. The summed E-state index contributed by atoms with van der Waals surface area (Å²) < 4.78 is 0. The molecule has 15 heavy (non-hydrogen) atoms. The van der Waals surface area contributed by atoms with Crippen molar-refractivity contribution in [2.75, 3.05) is 13.1 Å². The highest BCUT2D eigenvalue weighted by atomic mass is 35.5. The summed E-state index contributed by atoms with van der Waals surface area (Å²) in [6.45, 7) is 0.877. The van der Waals surface area contributed by atoms with E-state index in [0.717, 1.165) is 0 Å². The number of nitrogens with two attached hydrogens (primary N) is 1. The van der Waals surface area contributed by atoms with Crippen LogP contribution in [-0.4, -0.2) is 29.1 Å². The number of aliphatic carboxylic acids is 1. The predicted octanol–water partition coefficient (Wildman–Crippen LogP) is 0.661. The summed E-state index contributed by atoms with van der Waals surface area (Å²) >= 11 is 1.37. The molecule has 1 aromatic heterocycles. The number of hydrogen-bond donors (Lipinski definition) is 3. The van der Waals surface area contributed by atoms with Gasteiger partial charge in [0.2, 0.25) is 0 Å². The summed E-state index contributed by atoms with van der Waals surface area (Å²) in [7, 11) is 0. The lowest BCUT2D eigenvalue weighted by atomic mass is 10.2. The van der Waals surface area contributed by atoms with Crippen molar-refractivity contribution in [3.8, 4) is 0 Å². The van der Waals surface area contributed by atoms with Crippen LogP contribution in [0.15, 0.2) is 10.9 Å². The molecule has 0 saturated heterocycles. The van der Waals surface area contributed by atoms with E-state index in [9.17, 15) is 4.79 Å². The highest BCUT2D eigenvalue weighted by molar-refractivity contribution is 7.07. The Morgan fingerprint density at radius 3 is 2.73 bits per heavy atom. The Morgan fingerprint density at radius 1 is 1.67 bits per heavy atom. The van der Waals surface area contributed by atoms with E-state index < -0.39 is 12.0 Å². The van der Waals surface area contributed by atoms with Crippen LogP contribution in [0.5, 0.6) is 0 Å². The molecule has 1 heterocycles. The standard InChI is InChI=1S/C7H11N3O2S.2ClH/c8-1-2-9-6(7(11)12)5-3-13-4-10-5;;/h3-4,6,9H,1-2,8H2,(H,11,12);2*1H. The number of rotatable bonds is 5. The van der Waals surface area contributed by atoms with Crippen molar-refractivity contribution in [3.05, 3.63) is 16.6 Å². The van der Waals surface area contributed by atoms with Crippen LogP contribution in [0.25, 0.3) is 0 Å². The van der Waals surface area contributed by atoms with Crippen LogP contribution in [0.2, 0.25) is 0 Å². The Bertz CT molecular complexity index is 271. The Labute approximate surface area is 104 Å². The minimum absolute atomic E-state index is 0. The van der Waals surface area contributed by atoms with E-state index in [1.54, 1.807) is 10.9 Å². The number of aromatic nitrogens is 1. The van der Waals surface area contributed by atoms with Gasteiger partial charge in [0.1, 0.15) is 6.04 Å². The molecule has 0 aliphatic rings. The lowest BCUT2D eigenvalue weighted by Gasteiger charge is -2.10. The zero-order chi connectivity index (χ0) is 9.68. The van der Waals surface area contributed by atoms with Gasteiger partial charge in [0.05, 0.1) is 11.2 Å². The Morgan fingerprint density at radius 2 is 2.33 bits per heavy atom. The van der Waals surface area contributed by atoms with Crippen molar-refractivity contribution in [1.29, 1.82) is 0 Å². The van der Waals surface area contributed by atoms with E-state index in [0.29, 0.717) is 18.8 Å². The molecule has 0 aliphatic carbocycles. The molecule has 0 aliphatic heterocycles. The van der Waals surface area contributed by atoms with Gasteiger partial charge in [-0.05, 0) is 0 Å². The van der Waals surface area contributed by atoms with E-state index in [-0.39, 0.29) is 24.8 Å². The second-order valence-electron chi connectivity index (χ2n) is 2.43. The average Bonchev–Trinajstić information content (AvgIpc) is 2.57. The second-order valence-corrected chi connectivity index (χ2v) is 3.15. The summed E-state index contributed by atoms with van der Waals surface area (Å²) in [5.74, 6) is -0.931. The molecule has 0 aromatic carbocycles. The van der Waals surface area contributed by atoms with Gasteiger partial charge in [-0.15, -0.1) is 36.2 Å². The number of carboxylic acids is 1. The van der Waals surface area contributed by atoms with Crippen molar-refractivity contribution in [1.82, 2.24) is 10.3 Å². The lowest BCUT2D eigenvalue weighted by molar-refractivity contribution is -0.139. The van der Waals surface area contributed by atoms with Crippen LogP contribution in [-0.2, 0) is 4.79 Å². The number of nitrogens with zero attached hydrogens (tertiary/aromatic N) is 1. The summed E-state index contributed by atoms with van der Waals surface area (Å²) in [5, 5.41) is 13.3. The number of hydrogen-bond acceptors (Lipinski definition) is 5. The first-order valence-electron chi connectivity index (χ1n) is 3.80. The van der Waals surface area contributed by atoms with Crippen LogP contribution in [0.1, 0.15) is 11.7 Å². The number of thiazole rings is 1. The van der Waals surface area contributed by atoms with Crippen molar-refractivity contribution < 1.29 is 9.90 Å². The van der Waals surface area contributed by atoms with Gasteiger partial charge in [-0.1, -0.05) is 0 Å². The fourth-order valence-electron chi connectivity index (χ4n) is 0.910. The van der Waals surface area contributed by atoms with Crippen LogP contribution < -0.4 is 11.1 Å². The van der Waals surface area contributed by atoms with Gasteiger partial charge in [-0.25, -0.2) is 4.98 Å². The predicted molar refractivity (Wildman–Crippen MR) is 64.0 cm³/mol. The second kappa shape index (κ2) is 8.87. The molecule has 0 spiro atoms. The van der Waals surface area contributed by atoms with Gasteiger partial charge in [0.25, 0.3) is 0 Å². The SMILES string of the molecule is Cl.Cl.NCCNC(C(=O)O)c1cscn1. The molecular weight excluding hydrogens is 261 g/mol. The quantitative estimate of drug-likeness (QED) is 0.734. The fourth-order valence-corrected chi connectivity index (χ4v) is 1.49. The third-order valence-corrected chi connectivity index (χ3v) is 2.09.